The lowest BCUT2D eigenvalue weighted by molar-refractivity contribution is -0.137. The molecule has 2 heterocycles. The normalized spacial score (nSPS) is 27.2. The number of morpholine rings is 1. The quantitative estimate of drug-likeness (QED) is 0.717. The average molecular weight is 285 g/mol. The van der Waals surface area contributed by atoms with E-state index in [1.54, 1.807) is 0 Å². The maximum Gasteiger partial charge on any atom is 0.227 e. The predicted octanol–water partition coefficient (Wildman–Crippen LogP) is -0.421. The van der Waals surface area contributed by atoms with E-state index in [1.165, 1.54) is 0 Å². The van der Waals surface area contributed by atoms with Crippen LogP contribution < -0.4 is 11.1 Å². The molecule has 6 nitrogen and oxygen atoms in total. The van der Waals surface area contributed by atoms with Crippen molar-refractivity contribution in [3.63, 3.8) is 0 Å². The highest BCUT2D eigenvalue weighted by Crippen LogP contribution is 2.29. The third-order valence-electron chi connectivity index (χ3n) is 4.48. The van der Waals surface area contributed by atoms with Gasteiger partial charge in [-0.1, -0.05) is 6.92 Å². The van der Waals surface area contributed by atoms with Gasteiger partial charge in [-0.05, 0) is 19.4 Å². The Hall–Kier alpha value is -0.690. The molecule has 0 spiro atoms. The zero-order valence-electron chi connectivity index (χ0n) is 12.4. The highest BCUT2D eigenvalue weighted by Gasteiger charge is 2.38. The summed E-state index contributed by atoms with van der Waals surface area (Å²) in [6, 6.07) is 0. The summed E-state index contributed by atoms with van der Waals surface area (Å²) in [5.74, 6) is 0.0560. The van der Waals surface area contributed by atoms with Gasteiger partial charge in [-0.25, -0.2) is 0 Å². The second-order valence-corrected chi connectivity index (χ2v) is 5.69. The standard InChI is InChI=1S/C14H27N3O3/c1-2-17-5-8-20-12(10-17)9-16-13(18)14(11-15)3-6-19-7-4-14/h12H,2-11,15H2,1H3,(H,16,18). The van der Waals surface area contributed by atoms with Crippen molar-refractivity contribution in [2.75, 3.05) is 52.5 Å². The number of hydrogen-bond acceptors (Lipinski definition) is 5. The first-order valence-electron chi connectivity index (χ1n) is 7.60. The van der Waals surface area contributed by atoms with Gasteiger partial charge in [0.2, 0.25) is 5.91 Å². The molecule has 0 aliphatic carbocycles. The average Bonchev–Trinajstić information content (AvgIpc) is 2.53. The molecule has 20 heavy (non-hydrogen) atoms. The van der Waals surface area contributed by atoms with E-state index in [1.807, 2.05) is 0 Å². The Bertz CT molecular complexity index is 319. The molecule has 2 aliphatic rings. The molecule has 6 heteroatoms. The Balaban J connectivity index is 1.81. The van der Waals surface area contributed by atoms with Gasteiger partial charge in [0.1, 0.15) is 0 Å². The van der Waals surface area contributed by atoms with Crippen molar-refractivity contribution in [2.45, 2.75) is 25.9 Å². The minimum Gasteiger partial charge on any atom is -0.381 e. The molecule has 2 saturated heterocycles. The molecule has 0 aromatic heterocycles. The van der Waals surface area contributed by atoms with Crippen molar-refractivity contribution in [3.8, 4) is 0 Å². The summed E-state index contributed by atoms with van der Waals surface area (Å²) in [7, 11) is 0. The van der Waals surface area contributed by atoms with E-state index in [0.29, 0.717) is 39.1 Å². The maximum atomic E-state index is 12.4. The lowest BCUT2D eigenvalue weighted by Gasteiger charge is -2.36. The van der Waals surface area contributed by atoms with Crippen LogP contribution in [0.25, 0.3) is 0 Å². The Morgan fingerprint density at radius 2 is 2.15 bits per heavy atom. The summed E-state index contributed by atoms with van der Waals surface area (Å²) in [5, 5.41) is 3.03. The fraction of sp³-hybridized carbons (Fsp3) is 0.929. The molecule has 0 aromatic rings. The second kappa shape index (κ2) is 7.36. The van der Waals surface area contributed by atoms with Crippen LogP contribution in [-0.4, -0.2) is 69.5 Å². The van der Waals surface area contributed by atoms with Gasteiger partial charge in [-0.3, -0.25) is 9.69 Å². The van der Waals surface area contributed by atoms with Gasteiger partial charge in [0.25, 0.3) is 0 Å². The van der Waals surface area contributed by atoms with Gasteiger partial charge in [0.05, 0.1) is 18.1 Å². The first-order chi connectivity index (χ1) is 9.70. The predicted molar refractivity (Wildman–Crippen MR) is 76.4 cm³/mol. The molecule has 1 amide bonds. The number of nitrogens with zero attached hydrogens (tertiary/aromatic N) is 1. The first kappa shape index (κ1) is 15.7. The van der Waals surface area contributed by atoms with E-state index in [9.17, 15) is 4.79 Å². The van der Waals surface area contributed by atoms with Crippen LogP contribution in [0.2, 0.25) is 0 Å². The summed E-state index contributed by atoms with van der Waals surface area (Å²) in [6.07, 6.45) is 1.51. The van der Waals surface area contributed by atoms with Crippen molar-refractivity contribution in [2.24, 2.45) is 11.1 Å². The SMILES string of the molecule is CCN1CCOC(CNC(=O)C2(CN)CCOCC2)C1. The summed E-state index contributed by atoms with van der Waals surface area (Å²) in [5.41, 5.74) is 5.39. The van der Waals surface area contributed by atoms with E-state index in [2.05, 4.69) is 17.1 Å². The molecule has 2 aliphatic heterocycles. The van der Waals surface area contributed by atoms with Gasteiger partial charge >= 0.3 is 0 Å². The van der Waals surface area contributed by atoms with Crippen molar-refractivity contribution >= 4 is 5.91 Å². The number of nitrogens with one attached hydrogen (secondary N) is 1. The lowest BCUT2D eigenvalue weighted by Crippen LogP contribution is -2.53. The van der Waals surface area contributed by atoms with Crippen LogP contribution in [0.5, 0.6) is 0 Å². The number of carbonyl (C=O) groups is 1. The fourth-order valence-electron chi connectivity index (χ4n) is 2.87. The number of nitrogens with two attached hydrogens (primary N) is 1. The smallest absolute Gasteiger partial charge is 0.227 e. The monoisotopic (exact) mass is 285 g/mol. The third-order valence-corrected chi connectivity index (χ3v) is 4.48. The number of rotatable bonds is 5. The zero-order chi connectivity index (χ0) is 14.4. The highest BCUT2D eigenvalue weighted by molar-refractivity contribution is 5.83. The Morgan fingerprint density at radius 1 is 1.40 bits per heavy atom. The van der Waals surface area contributed by atoms with Crippen LogP contribution in [0.15, 0.2) is 0 Å². The molecule has 1 unspecified atom stereocenters. The first-order valence-corrected chi connectivity index (χ1v) is 7.60. The van der Waals surface area contributed by atoms with E-state index < -0.39 is 5.41 Å². The second-order valence-electron chi connectivity index (χ2n) is 5.69. The van der Waals surface area contributed by atoms with Crippen molar-refractivity contribution < 1.29 is 14.3 Å². The van der Waals surface area contributed by atoms with Gasteiger partial charge in [-0.2, -0.15) is 0 Å². The van der Waals surface area contributed by atoms with E-state index in [-0.39, 0.29) is 12.0 Å². The molecule has 0 aromatic carbocycles. The number of amides is 1. The topological polar surface area (TPSA) is 76.8 Å². The minimum atomic E-state index is -0.447. The van der Waals surface area contributed by atoms with E-state index in [0.717, 1.165) is 26.2 Å². The zero-order valence-corrected chi connectivity index (χ0v) is 12.4. The summed E-state index contributed by atoms with van der Waals surface area (Å²) in [4.78, 5) is 14.8. The molecule has 0 saturated carbocycles. The van der Waals surface area contributed by atoms with Gasteiger partial charge in [0, 0.05) is 39.4 Å². The molecular weight excluding hydrogens is 258 g/mol. The molecule has 3 N–H and O–H groups in total. The molecular formula is C14H27N3O3. The van der Waals surface area contributed by atoms with Crippen LogP contribution in [0.1, 0.15) is 19.8 Å². The molecule has 1 atom stereocenters. The van der Waals surface area contributed by atoms with Crippen LogP contribution in [0.4, 0.5) is 0 Å². The number of likely N-dealkylation sites (N-methyl/N-ethyl adjacent to an activating group) is 1. The van der Waals surface area contributed by atoms with Crippen molar-refractivity contribution in [3.05, 3.63) is 0 Å². The number of carbonyl (C=O) groups excluding carboxylic acids is 1. The fourth-order valence-corrected chi connectivity index (χ4v) is 2.87. The highest BCUT2D eigenvalue weighted by atomic mass is 16.5. The Morgan fingerprint density at radius 3 is 2.80 bits per heavy atom. The van der Waals surface area contributed by atoms with Crippen LogP contribution in [-0.2, 0) is 14.3 Å². The summed E-state index contributed by atoms with van der Waals surface area (Å²) in [6.45, 7) is 7.96. The molecule has 116 valence electrons. The largest absolute Gasteiger partial charge is 0.381 e. The summed E-state index contributed by atoms with van der Waals surface area (Å²) < 4.78 is 11.0. The van der Waals surface area contributed by atoms with E-state index >= 15 is 0 Å². The molecule has 0 radical (unpaired) electrons. The summed E-state index contributed by atoms with van der Waals surface area (Å²) >= 11 is 0. The maximum absolute atomic E-state index is 12.4. The van der Waals surface area contributed by atoms with Crippen LogP contribution >= 0.6 is 0 Å². The van der Waals surface area contributed by atoms with Crippen LogP contribution in [0, 0.1) is 5.41 Å². The molecule has 0 bridgehead atoms. The van der Waals surface area contributed by atoms with Crippen molar-refractivity contribution in [1.29, 1.82) is 0 Å². The van der Waals surface area contributed by atoms with E-state index in [4.69, 9.17) is 15.2 Å². The lowest BCUT2D eigenvalue weighted by atomic mass is 9.79. The van der Waals surface area contributed by atoms with Crippen molar-refractivity contribution in [1.82, 2.24) is 10.2 Å². The Labute approximate surface area is 121 Å². The third kappa shape index (κ3) is 3.69. The van der Waals surface area contributed by atoms with Crippen LogP contribution in [0.3, 0.4) is 0 Å². The molecule has 2 rings (SSSR count). The number of ether oxygens (including phenoxy) is 2. The van der Waals surface area contributed by atoms with Gasteiger partial charge in [0.15, 0.2) is 0 Å². The van der Waals surface area contributed by atoms with Gasteiger partial charge < -0.3 is 20.5 Å². The number of hydrogen-bond donors (Lipinski definition) is 2. The van der Waals surface area contributed by atoms with Gasteiger partial charge in [-0.15, -0.1) is 0 Å². The molecule has 2 fully saturated rings. The Kier molecular flexibility index (Phi) is 5.77. The minimum absolute atomic E-state index is 0.0560.